The third-order valence-electron chi connectivity index (χ3n) is 8.15. The molecular formula is C28H28FN7O7. The number of amides is 2. The highest BCUT2D eigenvalue weighted by molar-refractivity contribution is 5.95. The normalized spacial score (nSPS) is 20.5. The molecular weight excluding hydrogens is 565 g/mol. The SMILES string of the molecule is O=C1COc2ccc(N3C[C@H](CNC4CCN(c5nc6c(cc5F)c(=O)c(C(=O)O)cn6C5CC5)CC4)OC3=O)nc2N1. The Morgan fingerprint density at radius 2 is 1.93 bits per heavy atom. The standard InChI is InChI=1S/C28H28FN7O7/c29-19-9-17-23(38)18(27(39)40)12-35(15-1-2-15)25(17)33-26(19)34-7-5-14(6-8-34)30-10-16-11-36(28(41)43-16)21-4-3-20-24(31-21)32-22(37)13-42-20/h3-4,9,12,14-16,30H,1-2,5-8,10-11,13H2,(H,39,40)(H,31,32,37)/t16-/m0/s1. The summed E-state index contributed by atoms with van der Waals surface area (Å²) in [7, 11) is 0. The smallest absolute Gasteiger partial charge is 0.416 e. The average molecular weight is 594 g/mol. The number of aromatic carboxylic acids is 1. The summed E-state index contributed by atoms with van der Waals surface area (Å²) >= 11 is 0. The molecule has 6 heterocycles. The number of carboxylic acid groups (broad SMARTS) is 1. The van der Waals surface area contributed by atoms with E-state index in [4.69, 9.17) is 9.47 Å². The maximum absolute atomic E-state index is 15.2. The van der Waals surface area contributed by atoms with Gasteiger partial charge in [0.25, 0.3) is 5.91 Å². The maximum Gasteiger partial charge on any atom is 0.416 e. The molecule has 1 atom stereocenters. The molecule has 3 fully saturated rings. The Hall–Kier alpha value is -4.79. The number of carboxylic acids is 1. The first kappa shape index (κ1) is 27.1. The first-order valence-electron chi connectivity index (χ1n) is 14.1. The molecule has 43 heavy (non-hydrogen) atoms. The minimum atomic E-state index is -1.35. The molecule has 224 valence electrons. The number of piperidine rings is 1. The van der Waals surface area contributed by atoms with Crippen molar-refractivity contribution in [2.24, 2.45) is 0 Å². The van der Waals surface area contributed by atoms with E-state index in [1.54, 1.807) is 16.7 Å². The zero-order valence-electron chi connectivity index (χ0n) is 22.9. The van der Waals surface area contributed by atoms with Crippen molar-refractivity contribution in [1.29, 1.82) is 0 Å². The Balaban J connectivity index is 0.983. The minimum Gasteiger partial charge on any atom is -0.480 e. The second-order valence-electron chi connectivity index (χ2n) is 11.1. The summed E-state index contributed by atoms with van der Waals surface area (Å²) in [4.78, 5) is 60.6. The van der Waals surface area contributed by atoms with Crippen LogP contribution in [0.25, 0.3) is 11.0 Å². The molecule has 0 radical (unpaired) electrons. The number of anilines is 3. The molecule has 3 N–H and O–H groups in total. The van der Waals surface area contributed by atoms with E-state index in [-0.39, 0.29) is 48.2 Å². The van der Waals surface area contributed by atoms with Gasteiger partial charge >= 0.3 is 12.1 Å². The number of rotatable bonds is 7. The summed E-state index contributed by atoms with van der Waals surface area (Å²) in [5.74, 6) is -1.15. The fourth-order valence-electron chi connectivity index (χ4n) is 5.76. The summed E-state index contributed by atoms with van der Waals surface area (Å²) in [6.45, 7) is 1.64. The molecule has 3 aromatic heterocycles. The predicted molar refractivity (Wildman–Crippen MR) is 150 cm³/mol. The average Bonchev–Trinajstić information content (AvgIpc) is 3.77. The number of nitrogens with one attached hydrogen (secondary N) is 2. The topological polar surface area (TPSA) is 168 Å². The van der Waals surface area contributed by atoms with Crippen LogP contribution in [0.4, 0.5) is 26.6 Å². The van der Waals surface area contributed by atoms with Gasteiger partial charge in [-0.25, -0.2) is 23.9 Å². The van der Waals surface area contributed by atoms with Crippen molar-refractivity contribution in [3.8, 4) is 5.75 Å². The van der Waals surface area contributed by atoms with Crippen LogP contribution >= 0.6 is 0 Å². The lowest BCUT2D eigenvalue weighted by molar-refractivity contribution is -0.118. The van der Waals surface area contributed by atoms with Crippen LogP contribution in [-0.2, 0) is 9.53 Å². The van der Waals surface area contributed by atoms with Crippen LogP contribution in [0.15, 0.2) is 29.2 Å². The molecule has 15 heteroatoms. The van der Waals surface area contributed by atoms with Crippen LogP contribution in [-0.4, -0.2) is 82.5 Å². The molecule has 4 aliphatic rings. The summed E-state index contributed by atoms with van der Waals surface area (Å²) in [5.41, 5.74) is -0.835. The number of nitrogens with zero attached hydrogens (tertiary/aromatic N) is 5. The molecule has 1 saturated carbocycles. The summed E-state index contributed by atoms with van der Waals surface area (Å²) in [6, 6.07) is 4.53. The molecule has 3 aliphatic heterocycles. The Labute approximate surface area is 243 Å². The van der Waals surface area contributed by atoms with Gasteiger partial charge in [-0.1, -0.05) is 0 Å². The number of pyridine rings is 3. The number of hydrogen-bond donors (Lipinski definition) is 3. The molecule has 1 aliphatic carbocycles. The summed E-state index contributed by atoms with van der Waals surface area (Å²) < 4.78 is 27.8. The second-order valence-corrected chi connectivity index (χ2v) is 11.1. The molecule has 3 aromatic rings. The fourth-order valence-corrected chi connectivity index (χ4v) is 5.76. The zero-order valence-corrected chi connectivity index (χ0v) is 22.9. The van der Waals surface area contributed by atoms with Crippen LogP contribution in [0.2, 0.25) is 0 Å². The quantitative estimate of drug-likeness (QED) is 0.366. The van der Waals surface area contributed by atoms with Gasteiger partial charge in [-0.3, -0.25) is 14.5 Å². The van der Waals surface area contributed by atoms with Crippen molar-refractivity contribution in [3.05, 3.63) is 46.0 Å². The van der Waals surface area contributed by atoms with Crippen LogP contribution in [0.1, 0.15) is 42.1 Å². The van der Waals surface area contributed by atoms with Crippen molar-refractivity contribution < 1.29 is 33.4 Å². The Bertz CT molecular complexity index is 1720. The van der Waals surface area contributed by atoms with Gasteiger partial charge in [0.05, 0.1) is 11.9 Å². The number of halogens is 1. The molecule has 0 aromatic carbocycles. The second kappa shape index (κ2) is 10.5. The van der Waals surface area contributed by atoms with Crippen molar-refractivity contribution in [1.82, 2.24) is 19.9 Å². The van der Waals surface area contributed by atoms with Crippen molar-refractivity contribution in [2.75, 3.05) is 47.9 Å². The van der Waals surface area contributed by atoms with Crippen LogP contribution in [0, 0.1) is 5.82 Å². The predicted octanol–water partition coefficient (Wildman–Crippen LogP) is 1.88. The number of ether oxygens (including phenoxy) is 2. The van der Waals surface area contributed by atoms with Gasteiger partial charge in [0.2, 0.25) is 5.43 Å². The highest BCUT2D eigenvalue weighted by atomic mass is 19.1. The lowest BCUT2D eigenvalue weighted by atomic mass is 10.0. The number of aromatic nitrogens is 3. The Morgan fingerprint density at radius 3 is 2.67 bits per heavy atom. The minimum absolute atomic E-state index is 0.0339. The lowest BCUT2D eigenvalue weighted by Crippen LogP contribution is -2.45. The Morgan fingerprint density at radius 1 is 1.14 bits per heavy atom. The highest BCUT2D eigenvalue weighted by Crippen LogP contribution is 2.37. The molecule has 0 bridgehead atoms. The van der Waals surface area contributed by atoms with Gasteiger partial charge in [0.1, 0.15) is 23.1 Å². The van der Waals surface area contributed by atoms with E-state index in [9.17, 15) is 24.3 Å². The van der Waals surface area contributed by atoms with E-state index in [0.717, 1.165) is 18.9 Å². The molecule has 14 nitrogen and oxygen atoms in total. The maximum atomic E-state index is 15.2. The first-order chi connectivity index (χ1) is 20.7. The van der Waals surface area contributed by atoms with Crippen LogP contribution in [0.3, 0.4) is 0 Å². The van der Waals surface area contributed by atoms with Crippen molar-refractivity contribution >= 4 is 46.5 Å². The van der Waals surface area contributed by atoms with E-state index in [1.165, 1.54) is 11.1 Å². The number of carbonyl (C=O) groups is 3. The lowest BCUT2D eigenvalue weighted by Gasteiger charge is -2.34. The van der Waals surface area contributed by atoms with Crippen molar-refractivity contribution in [3.63, 3.8) is 0 Å². The van der Waals surface area contributed by atoms with Gasteiger partial charge < -0.3 is 34.7 Å². The number of cyclic esters (lactones) is 1. The number of fused-ring (bicyclic) bond motifs is 2. The molecule has 0 unspecified atom stereocenters. The summed E-state index contributed by atoms with van der Waals surface area (Å²) in [5, 5.41) is 15.5. The van der Waals surface area contributed by atoms with E-state index in [1.807, 2.05) is 4.90 Å². The molecule has 2 saturated heterocycles. The molecule has 2 amide bonds. The van der Waals surface area contributed by atoms with Gasteiger partial charge in [0.15, 0.2) is 29.8 Å². The molecule has 7 rings (SSSR count). The van der Waals surface area contributed by atoms with Crippen LogP contribution in [0.5, 0.6) is 5.75 Å². The van der Waals surface area contributed by atoms with Crippen LogP contribution < -0.4 is 30.6 Å². The zero-order chi connectivity index (χ0) is 29.8. The van der Waals surface area contributed by atoms with Crippen molar-refractivity contribution in [2.45, 2.75) is 43.9 Å². The van der Waals surface area contributed by atoms with Gasteiger partial charge in [0, 0.05) is 37.9 Å². The van der Waals surface area contributed by atoms with Gasteiger partial charge in [-0.05, 0) is 43.9 Å². The number of hydrogen-bond acceptors (Lipinski definition) is 10. The monoisotopic (exact) mass is 593 g/mol. The third-order valence-corrected chi connectivity index (χ3v) is 8.15. The largest absolute Gasteiger partial charge is 0.480 e. The number of carbonyl (C=O) groups excluding carboxylic acids is 2. The summed E-state index contributed by atoms with van der Waals surface area (Å²) in [6.07, 6.45) is 3.42. The first-order valence-corrected chi connectivity index (χ1v) is 14.1. The Kier molecular flexibility index (Phi) is 6.60. The third kappa shape index (κ3) is 5.09. The van der Waals surface area contributed by atoms with Gasteiger partial charge in [-0.15, -0.1) is 0 Å². The van der Waals surface area contributed by atoms with Gasteiger partial charge in [-0.2, -0.15) is 0 Å². The highest BCUT2D eigenvalue weighted by Gasteiger charge is 2.35. The molecule has 0 spiro atoms. The van der Waals surface area contributed by atoms with E-state index in [0.29, 0.717) is 49.7 Å². The van der Waals surface area contributed by atoms with E-state index < -0.39 is 35.0 Å². The van der Waals surface area contributed by atoms with E-state index in [2.05, 4.69) is 20.6 Å². The van der Waals surface area contributed by atoms with E-state index >= 15 is 4.39 Å². The fraction of sp³-hybridized carbons (Fsp3) is 0.429.